The number of nitrogens with zero attached hydrogens (tertiary/aromatic N) is 1. The number of rotatable bonds is 5. The molecule has 30 heavy (non-hydrogen) atoms. The molecule has 2 nitrogen and oxygen atoms in total. The van der Waals surface area contributed by atoms with E-state index in [2.05, 4.69) is 98.8 Å². The van der Waals surface area contributed by atoms with Gasteiger partial charge in [-0.3, -0.25) is 4.99 Å². The van der Waals surface area contributed by atoms with Crippen LogP contribution in [0.3, 0.4) is 0 Å². The zero-order valence-electron chi connectivity index (χ0n) is 17.7. The fraction of sp³-hybridized carbons (Fsp3) is 0.179. The van der Waals surface area contributed by atoms with Gasteiger partial charge in [-0.1, -0.05) is 103 Å². The zero-order chi connectivity index (χ0) is 21.0. The third kappa shape index (κ3) is 3.55. The lowest BCUT2D eigenvalue weighted by Crippen LogP contribution is -2.42. The van der Waals surface area contributed by atoms with Crippen molar-refractivity contribution < 1.29 is 4.74 Å². The minimum Gasteiger partial charge on any atom is -0.362 e. The van der Waals surface area contributed by atoms with Crippen LogP contribution in [0.1, 0.15) is 30.5 Å². The lowest BCUT2D eigenvalue weighted by Gasteiger charge is -2.40. The van der Waals surface area contributed by atoms with Gasteiger partial charge in [-0.05, 0) is 30.5 Å². The van der Waals surface area contributed by atoms with Gasteiger partial charge in [0, 0.05) is 24.3 Å². The first kappa shape index (κ1) is 20.1. The summed E-state index contributed by atoms with van der Waals surface area (Å²) in [5.74, 6) is 0. The molecule has 0 saturated carbocycles. The van der Waals surface area contributed by atoms with Crippen molar-refractivity contribution in [2.24, 2.45) is 4.99 Å². The van der Waals surface area contributed by atoms with Gasteiger partial charge < -0.3 is 4.74 Å². The Hall–Kier alpha value is -3.23. The monoisotopic (exact) mass is 393 g/mol. The molecule has 0 fully saturated rings. The largest absolute Gasteiger partial charge is 0.362 e. The Labute approximate surface area is 179 Å². The predicted molar refractivity (Wildman–Crippen MR) is 127 cm³/mol. The van der Waals surface area contributed by atoms with E-state index < -0.39 is 5.60 Å². The minimum absolute atomic E-state index is 0.125. The number of hydrogen-bond acceptors (Lipinski definition) is 2. The van der Waals surface area contributed by atoms with Crippen LogP contribution in [0.25, 0.3) is 11.1 Å². The van der Waals surface area contributed by atoms with E-state index in [1.807, 2.05) is 18.2 Å². The van der Waals surface area contributed by atoms with Gasteiger partial charge in [0.05, 0.1) is 5.71 Å². The van der Waals surface area contributed by atoms with Crippen LogP contribution in [-0.4, -0.2) is 18.9 Å². The molecule has 1 unspecified atom stereocenters. The van der Waals surface area contributed by atoms with Gasteiger partial charge in [0.2, 0.25) is 0 Å². The normalized spacial score (nSPS) is 20.2. The molecule has 0 bridgehead atoms. The fourth-order valence-corrected chi connectivity index (χ4v) is 4.16. The summed E-state index contributed by atoms with van der Waals surface area (Å²) in [5, 5.41) is 0. The van der Waals surface area contributed by atoms with Gasteiger partial charge in [0.1, 0.15) is 0 Å². The summed E-state index contributed by atoms with van der Waals surface area (Å²) < 4.78 is 6.46. The van der Waals surface area contributed by atoms with Crippen molar-refractivity contribution in [2.45, 2.75) is 25.5 Å². The van der Waals surface area contributed by atoms with Crippen molar-refractivity contribution >= 4 is 16.9 Å². The summed E-state index contributed by atoms with van der Waals surface area (Å²) in [5.41, 5.74) is 5.67. The molecule has 0 aliphatic heterocycles. The number of aliphatic imine (C=N–C) groups is 1. The number of benzene rings is 3. The molecule has 4 rings (SSSR count). The van der Waals surface area contributed by atoms with Crippen molar-refractivity contribution in [3.63, 3.8) is 0 Å². The van der Waals surface area contributed by atoms with Gasteiger partial charge in [-0.25, -0.2) is 0 Å². The van der Waals surface area contributed by atoms with Crippen LogP contribution in [0.5, 0.6) is 0 Å². The molecule has 1 atom stereocenters. The number of allylic oxidation sites excluding steroid dienone is 2. The van der Waals surface area contributed by atoms with Crippen LogP contribution in [0.15, 0.2) is 108 Å². The molecular weight excluding hydrogens is 366 g/mol. The molecule has 3 aromatic rings. The first-order valence-corrected chi connectivity index (χ1v) is 10.4. The van der Waals surface area contributed by atoms with Crippen molar-refractivity contribution in [1.82, 2.24) is 0 Å². The van der Waals surface area contributed by atoms with E-state index in [1.165, 1.54) is 0 Å². The smallest absolute Gasteiger partial charge is 0.160 e. The Kier molecular flexibility index (Phi) is 5.78. The second kappa shape index (κ2) is 8.64. The number of ether oxygens (including phenoxy) is 1. The van der Waals surface area contributed by atoms with Crippen molar-refractivity contribution in [1.29, 1.82) is 0 Å². The van der Waals surface area contributed by atoms with Crippen LogP contribution >= 0.6 is 0 Å². The van der Waals surface area contributed by atoms with Crippen LogP contribution in [0.2, 0.25) is 0 Å². The second-order valence-electron chi connectivity index (χ2n) is 7.72. The highest BCUT2D eigenvalue weighted by Gasteiger charge is 2.45. The first-order valence-electron chi connectivity index (χ1n) is 10.4. The molecule has 0 amide bonds. The highest BCUT2D eigenvalue weighted by molar-refractivity contribution is 6.33. The van der Waals surface area contributed by atoms with Crippen molar-refractivity contribution in [3.8, 4) is 0 Å². The average molecular weight is 394 g/mol. The molecular formula is C28H27NO. The topological polar surface area (TPSA) is 21.6 Å². The highest BCUT2D eigenvalue weighted by Crippen LogP contribution is 2.47. The maximum absolute atomic E-state index is 6.46. The third-order valence-corrected chi connectivity index (χ3v) is 5.43. The SMILES string of the molecule is COC1(c2ccccc2)C(c2ccccc2)=CC=C(c2ccccc2)C1=NC(C)C. The Morgan fingerprint density at radius 2 is 1.23 bits per heavy atom. The Balaban J connectivity index is 2.06. The lowest BCUT2D eigenvalue weighted by molar-refractivity contribution is 0.0992. The van der Waals surface area contributed by atoms with E-state index in [0.29, 0.717) is 0 Å². The summed E-state index contributed by atoms with van der Waals surface area (Å²) in [6.07, 6.45) is 4.37. The van der Waals surface area contributed by atoms with E-state index in [0.717, 1.165) is 33.5 Å². The number of hydrogen-bond donors (Lipinski definition) is 0. The summed E-state index contributed by atoms with van der Waals surface area (Å²) in [7, 11) is 1.79. The van der Waals surface area contributed by atoms with E-state index in [4.69, 9.17) is 9.73 Å². The van der Waals surface area contributed by atoms with Crippen molar-refractivity contribution in [2.75, 3.05) is 7.11 Å². The standard InChI is InChI=1S/C28H27NO/c1-21(2)29-27-25(22-13-7-4-8-14-22)19-20-26(23-15-9-5-10-16-23)28(27,30-3)24-17-11-6-12-18-24/h4-21H,1-3H3. The zero-order valence-corrected chi connectivity index (χ0v) is 17.7. The molecule has 0 aromatic heterocycles. The van der Waals surface area contributed by atoms with Gasteiger partial charge in [-0.2, -0.15) is 0 Å². The van der Waals surface area contributed by atoms with Crippen LogP contribution in [0.4, 0.5) is 0 Å². The van der Waals surface area contributed by atoms with Gasteiger partial charge >= 0.3 is 0 Å². The van der Waals surface area contributed by atoms with Crippen molar-refractivity contribution in [3.05, 3.63) is 120 Å². The Bertz CT molecular complexity index is 1080. The van der Waals surface area contributed by atoms with Crippen LogP contribution in [-0.2, 0) is 10.3 Å². The molecule has 0 N–H and O–H groups in total. The molecule has 0 radical (unpaired) electrons. The van der Waals surface area contributed by atoms with Gasteiger partial charge in [0.15, 0.2) is 5.60 Å². The Morgan fingerprint density at radius 3 is 1.77 bits per heavy atom. The van der Waals surface area contributed by atoms with Crippen LogP contribution < -0.4 is 0 Å². The molecule has 3 aromatic carbocycles. The fourth-order valence-electron chi connectivity index (χ4n) is 4.16. The highest BCUT2D eigenvalue weighted by atomic mass is 16.5. The predicted octanol–water partition coefficient (Wildman–Crippen LogP) is 6.56. The summed E-state index contributed by atoms with van der Waals surface area (Å²) in [6.45, 7) is 4.23. The minimum atomic E-state index is -0.799. The molecule has 150 valence electrons. The maximum atomic E-state index is 6.46. The van der Waals surface area contributed by atoms with E-state index in [9.17, 15) is 0 Å². The lowest BCUT2D eigenvalue weighted by atomic mass is 9.72. The van der Waals surface area contributed by atoms with E-state index in [-0.39, 0.29) is 6.04 Å². The molecule has 1 aliphatic carbocycles. The third-order valence-electron chi connectivity index (χ3n) is 5.43. The summed E-state index contributed by atoms with van der Waals surface area (Å²) in [6, 6.07) is 31.4. The van der Waals surface area contributed by atoms with E-state index in [1.54, 1.807) is 7.11 Å². The summed E-state index contributed by atoms with van der Waals surface area (Å²) >= 11 is 0. The van der Waals surface area contributed by atoms with E-state index >= 15 is 0 Å². The molecule has 2 heteroatoms. The molecule has 1 aliphatic rings. The van der Waals surface area contributed by atoms with Gasteiger partial charge in [0.25, 0.3) is 0 Å². The second-order valence-corrected chi connectivity index (χ2v) is 7.72. The molecule has 0 saturated heterocycles. The maximum Gasteiger partial charge on any atom is 0.160 e. The molecule has 0 heterocycles. The molecule has 0 spiro atoms. The van der Waals surface area contributed by atoms with Crippen LogP contribution in [0, 0.1) is 0 Å². The number of methoxy groups -OCH3 is 1. The average Bonchev–Trinajstić information content (AvgIpc) is 2.80. The first-order chi connectivity index (χ1) is 14.7. The summed E-state index contributed by atoms with van der Waals surface area (Å²) in [4.78, 5) is 5.15. The Morgan fingerprint density at radius 1 is 0.700 bits per heavy atom. The quantitative estimate of drug-likeness (QED) is 0.481. The van der Waals surface area contributed by atoms with Gasteiger partial charge in [-0.15, -0.1) is 0 Å².